The fourth-order valence-corrected chi connectivity index (χ4v) is 0.989. The van der Waals surface area contributed by atoms with Gasteiger partial charge in [0.25, 0.3) is 0 Å². The maximum atomic E-state index is 9.20. The third-order valence-corrected chi connectivity index (χ3v) is 1.80. The standard InChI is InChI=1S/C9H14N2O/c1-6-3-4-11-8(5-6)9(10)7(2)12/h3-5,7,9,12H,10H2,1-2H3. The van der Waals surface area contributed by atoms with Crippen LogP contribution in [0.2, 0.25) is 0 Å². The SMILES string of the molecule is Cc1ccnc(C(N)C(C)O)c1. The molecule has 0 bridgehead atoms. The van der Waals surface area contributed by atoms with Crippen molar-refractivity contribution in [1.29, 1.82) is 0 Å². The van der Waals surface area contributed by atoms with Crippen LogP contribution in [0.5, 0.6) is 0 Å². The second-order valence-electron chi connectivity index (χ2n) is 3.02. The van der Waals surface area contributed by atoms with Crippen LogP contribution in [0, 0.1) is 6.92 Å². The maximum absolute atomic E-state index is 9.20. The molecular weight excluding hydrogens is 152 g/mol. The molecule has 0 aromatic carbocycles. The summed E-state index contributed by atoms with van der Waals surface area (Å²) in [5, 5.41) is 9.20. The maximum Gasteiger partial charge on any atom is 0.0731 e. The number of aryl methyl sites for hydroxylation is 1. The Hall–Kier alpha value is -0.930. The zero-order chi connectivity index (χ0) is 9.14. The van der Waals surface area contributed by atoms with E-state index >= 15 is 0 Å². The van der Waals surface area contributed by atoms with Crippen LogP contribution in [0.1, 0.15) is 24.2 Å². The molecule has 0 saturated carbocycles. The van der Waals surface area contributed by atoms with Gasteiger partial charge in [-0.3, -0.25) is 4.98 Å². The molecule has 1 aromatic rings. The van der Waals surface area contributed by atoms with Gasteiger partial charge in [0, 0.05) is 6.20 Å². The van der Waals surface area contributed by atoms with Crippen molar-refractivity contribution >= 4 is 0 Å². The number of rotatable bonds is 2. The molecule has 0 fully saturated rings. The monoisotopic (exact) mass is 166 g/mol. The summed E-state index contributed by atoms with van der Waals surface area (Å²) in [6, 6.07) is 3.40. The molecule has 0 amide bonds. The van der Waals surface area contributed by atoms with Crippen LogP contribution in [-0.4, -0.2) is 16.2 Å². The average molecular weight is 166 g/mol. The number of nitrogens with zero attached hydrogens (tertiary/aromatic N) is 1. The molecular formula is C9H14N2O. The Labute approximate surface area is 72.2 Å². The van der Waals surface area contributed by atoms with Gasteiger partial charge in [0.05, 0.1) is 17.8 Å². The first-order valence-electron chi connectivity index (χ1n) is 3.97. The fraction of sp³-hybridized carbons (Fsp3) is 0.444. The van der Waals surface area contributed by atoms with Crippen LogP contribution in [0.3, 0.4) is 0 Å². The van der Waals surface area contributed by atoms with E-state index in [1.165, 1.54) is 0 Å². The van der Waals surface area contributed by atoms with Crippen molar-refractivity contribution in [3.05, 3.63) is 29.6 Å². The van der Waals surface area contributed by atoms with Gasteiger partial charge in [-0.2, -0.15) is 0 Å². The minimum absolute atomic E-state index is 0.384. The molecule has 0 aliphatic carbocycles. The van der Waals surface area contributed by atoms with Crippen molar-refractivity contribution in [2.45, 2.75) is 26.0 Å². The number of nitrogens with two attached hydrogens (primary N) is 1. The Morgan fingerprint density at radius 2 is 2.25 bits per heavy atom. The second-order valence-corrected chi connectivity index (χ2v) is 3.02. The first-order valence-corrected chi connectivity index (χ1v) is 3.97. The summed E-state index contributed by atoms with van der Waals surface area (Å²) in [6.07, 6.45) is 1.15. The molecule has 0 saturated heterocycles. The summed E-state index contributed by atoms with van der Waals surface area (Å²) in [5.74, 6) is 0. The quantitative estimate of drug-likeness (QED) is 0.682. The van der Waals surface area contributed by atoms with Crippen LogP contribution >= 0.6 is 0 Å². The van der Waals surface area contributed by atoms with Gasteiger partial charge in [-0.1, -0.05) is 0 Å². The van der Waals surface area contributed by atoms with Crippen LogP contribution in [0.4, 0.5) is 0 Å². The highest BCUT2D eigenvalue weighted by atomic mass is 16.3. The lowest BCUT2D eigenvalue weighted by Gasteiger charge is -2.13. The fourth-order valence-electron chi connectivity index (χ4n) is 0.989. The van der Waals surface area contributed by atoms with Crippen molar-refractivity contribution in [3.63, 3.8) is 0 Å². The van der Waals surface area contributed by atoms with Crippen LogP contribution < -0.4 is 5.73 Å². The van der Waals surface area contributed by atoms with Crippen LogP contribution in [-0.2, 0) is 0 Å². The third kappa shape index (κ3) is 2.03. The normalized spacial score (nSPS) is 15.7. The highest BCUT2D eigenvalue weighted by Gasteiger charge is 2.12. The zero-order valence-electron chi connectivity index (χ0n) is 7.36. The average Bonchev–Trinajstić information content (AvgIpc) is 2.03. The van der Waals surface area contributed by atoms with Gasteiger partial charge >= 0.3 is 0 Å². The Morgan fingerprint density at radius 1 is 1.58 bits per heavy atom. The molecule has 1 heterocycles. The van der Waals surface area contributed by atoms with E-state index < -0.39 is 6.10 Å². The molecule has 0 radical (unpaired) electrons. The minimum atomic E-state index is -0.556. The Bertz CT molecular complexity index is 260. The van der Waals surface area contributed by atoms with E-state index in [2.05, 4.69) is 4.98 Å². The first-order chi connectivity index (χ1) is 5.61. The molecule has 3 N–H and O–H groups in total. The van der Waals surface area contributed by atoms with Crippen molar-refractivity contribution in [3.8, 4) is 0 Å². The Balaban J connectivity index is 2.88. The molecule has 0 aliphatic heterocycles. The van der Waals surface area contributed by atoms with Gasteiger partial charge in [0.2, 0.25) is 0 Å². The van der Waals surface area contributed by atoms with Gasteiger partial charge in [-0.05, 0) is 31.5 Å². The first kappa shape index (κ1) is 9.16. The largest absolute Gasteiger partial charge is 0.391 e. The molecule has 1 aromatic heterocycles. The molecule has 1 rings (SSSR count). The van der Waals surface area contributed by atoms with E-state index in [1.807, 2.05) is 19.1 Å². The highest BCUT2D eigenvalue weighted by molar-refractivity contribution is 5.17. The summed E-state index contributed by atoms with van der Waals surface area (Å²) in [6.45, 7) is 3.63. The van der Waals surface area contributed by atoms with E-state index in [-0.39, 0.29) is 6.04 Å². The van der Waals surface area contributed by atoms with E-state index in [0.717, 1.165) is 11.3 Å². The lowest BCUT2D eigenvalue weighted by molar-refractivity contribution is 0.162. The lowest BCUT2D eigenvalue weighted by atomic mass is 10.1. The van der Waals surface area contributed by atoms with Crippen molar-refractivity contribution in [2.75, 3.05) is 0 Å². The topological polar surface area (TPSA) is 59.1 Å². The number of hydrogen-bond acceptors (Lipinski definition) is 3. The van der Waals surface area contributed by atoms with E-state index in [4.69, 9.17) is 5.73 Å². The van der Waals surface area contributed by atoms with E-state index in [9.17, 15) is 5.11 Å². The summed E-state index contributed by atoms with van der Waals surface area (Å²) in [5.41, 5.74) is 7.54. The van der Waals surface area contributed by atoms with Crippen molar-refractivity contribution in [1.82, 2.24) is 4.98 Å². The second kappa shape index (κ2) is 3.65. The van der Waals surface area contributed by atoms with Crippen molar-refractivity contribution in [2.24, 2.45) is 5.73 Å². The predicted molar refractivity (Wildman–Crippen MR) is 47.6 cm³/mol. The van der Waals surface area contributed by atoms with Crippen molar-refractivity contribution < 1.29 is 5.11 Å². The molecule has 12 heavy (non-hydrogen) atoms. The molecule has 2 unspecified atom stereocenters. The molecule has 3 heteroatoms. The smallest absolute Gasteiger partial charge is 0.0731 e. The number of aliphatic hydroxyl groups is 1. The zero-order valence-corrected chi connectivity index (χ0v) is 7.36. The van der Waals surface area contributed by atoms with Gasteiger partial charge in [0.1, 0.15) is 0 Å². The highest BCUT2D eigenvalue weighted by Crippen LogP contribution is 2.11. The summed E-state index contributed by atoms with van der Waals surface area (Å²) >= 11 is 0. The summed E-state index contributed by atoms with van der Waals surface area (Å²) < 4.78 is 0. The third-order valence-electron chi connectivity index (χ3n) is 1.80. The molecule has 0 spiro atoms. The van der Waals surface area contributed by atoms with Gasteiger partial charge in [0.15, 0.2) is 0 Å². The van der Waals surface area contributed by atoms with Gasteiger partial charge in [-0.25, -0.2) is 0 Å². The number of pyridine rings is 1. The van der Waals surface area contributed by atoms with E-state index in [0.29, 0.717) is 0 Å². The molecule has 66 valence electrons. The van der Waals surface area contributed by atoms with E-state index in [1.54, 1.807) is 13.1 Å². The number of hydrogen-bond donors (Lipinski definition) is 2. The predicted octanol–water partition coefficient (Wildman–Crippen LogP) is 0.771. The molecule has 2 atom stereocenters. The van der Waals surface area contributed by atoms with Gasteiger partial charge in [-0.15, -0.1) is 0 Å². The lowest BCUT2D eigenvalue weighted by Crippen LogP contribution is -2.24. The Kier molecular flexibility index (Phi) is 2.78. The Morgan fingerprint density at radius 3 is 2.75 bits per heavy atom. The molecule has 3 nitrogen and oxygen atoms in total. The molecule has 0 aliphatic rings. The van der Waals surface area contributed by atoms with Crippen LogP contribution in [0.25, 0.3) is 0 Å². The number of aliphatic hydroxyl groups excluding tert-OH is 1. The van der Waals surface area contributed by atoms with Crippen LogP contribution in [0.15, 0.2) is 18.3 Å². The minimum Gasteiger partial charge on any atom is -0.391 e. The van der Waals surface area contributed by atoms with Gasteiger partial charge < -0.3 is 10.8 Å². The number of aromatic nitrogens is 1. The summed E-state index contributed by atoms with van der Waals surface area (Å²) in [7, 11) is 0. The summed E-state index contributed by atoms with van der Waals surface area (Å²) in [4.78, 5) is 4.08.